The average molecular weight is 176 g/mol. The normalized spacial score (nSPS) is 48.5. The van der Waals surface area contributed by atoms with Gasteiger partial charge in [-0.2, -0.15) is 0 Å². The summed E-state index contributed by atoms with van der Waals surface area (Å²) in [6.07, 6.45) is -2.38. The Morgan fingerprint density at radius 1 is 1.08 bits per heavy atom. The molecular weight excluding hydrogens is 164 g/mol. The summed E-state index contributed by atoms with van der Waals surface area (Å²) in [4.78, 5) is 0. The first-order chi connectivity index (χ1) is 5.79. The molecule has 2 heterocycles. The van der Waals surface area contributed by atoms with Crippen LogP contribution in [-0.4, -0.2) is 54.6 Å². The fraction of sp³-hybridized carbons (Fsp3) is 1.00. The van der Waals surface area contributed by atoms with E-state index in [4.69, 9.17) is 14.2 Å². The summed E-state index contributed by atoms with van der Waals surface area (Å²) in [5.41, 5.74) is 0. The second kappa shape index (κ2) is 3.27. The van der Waals surface area contributed by atoms with Crippen LogP contribution in [0.25, 0.3) is 0 Å². The zero-order valence-electron chi connectivity index (χ0n) is 6.55. The molecule has 2 aliphatic heterocycles. The molecule has 12 heavy (non-hydrogen) atoms. The van der Waals surface area contributed by atoms with Gasteiger partial charge in [-0.05, 0) is 0 Å². The maximum atomic E-state index is 9.46. The fourth-order valence-electron chi connectivity index (χ4n) is 1.49. The van der Waals surface area contributed by atoms with Gasteiger partial charge in [0.25, 0.3) is 0 Å². The minimum absolute atomic E-state index is 0.148. The van der Waals surface area contributed by atoms with Gasteiger partial charge in [0.1, 0.15) is 31.2 Å². The first-order valence-electron chi connectivity index (χ1n) is 3.96. The molecule has 0 amide bonds. The van der Waals surface area contributed by atoms with Crippen LogP contribution in [0.5, 0.6) is 0 Å². The molecule has 2 fully saturated rings. The summed E-state index contributed by atoms with van der Waals surface area (Å²) in [5.74, 6) is 0. The topological polar surface area (TPSA) is 68.2 Å². The molecule has 2 unspecified atom stereocenters. The van der Waals surface area contributed by atoms with E-state index in [0.29, 0.717) is 6.61 Å². The number of rotatable bonds is 0. The van der Waals surface area contributed by atoms with Crippen LogP contribution >= 0.6 is 0 Å². The van der Waals surface area contributed by atoms with Crippen LogP contribution in [0.1, 0.15) is 0 Å². The number of aliphatic hydroxyl groups excluding tert-OH is 2. The molecule has 2 aliphatic rings. The molecular formula is C7H12O5. The lowest BCUT2D eigenvalue weighted by atomic mass is 10.00. The average Bonchev–Trinajstić information content (AvgIpc) is 2.12. The molecule has 0 bridgehead atoms. The number of hydrogen-bond acceptors (Lipinski definition) is 5. The third-order valence-corrected chi connectivity index (χ3v) is 2.20. The predicted molar refractivity (Wildman–Crippen MR) is 37.4 cm³/mol. The summed E-state index contributed by atoms with van der Waals surface area (Å²) >= 11 is 0. The van der Waals surface area contributed by atoms with Crippen LogP contribution in [0, 0.1) is 0 Å². The maximum absolute atomic E-state index is 9.46. The van der Waals surface area contributed by atoms with Crippen molar-refractivity contribution >= 4 is 0 Å². The summed E-state index contributed by atoms with van der Waals surface area (Å²) in [6.45, 7) is 0.734. The van der Waals surface area contributed by atoms with Crippen LogP contribution in [0.2, 0.25) is 0 Å². The zero-order valence-corrected chi connectivity index (χ0v) is 6.55. The lowest BCUT2D eigenvalue weighted by Crippen LogP contribution is -2.57. The predicted octanol–water partition coefficient (Wildman–Crippen LogP) is -1.52. The van der Waals surface area contributed by atoms with E-state index < -0.39 is 18.3 Å². The summed E-state index contributed by atoms with van der Waals surface area (Å²) in [7, 11) is 0. The molecule has 0 aromatic rings. The molecule has 0 aromatic heterocycles. The number of fused-ring (bicyclic) bond motifs is 1. The largest absolute Gasteiger partial charge is 0.388 e. The second-order valence-corrected chi connectivity index (χ2v) is 3.05. The smallest absolute Gasteiger partial charge is 0.147 e. The molecule has 70 valence electrons. The molecule has 5 nitrogen and oxygen atoms in total. The van der Waals surface area contributed by atoms with Crippen molar-refractivity contribution in [1.29, 1.82) is 0 Å². The second-order valence-electron chi connectivity index (χ2n) is 3.05. The van der Waals surface area contributed by atoms with Crippen molar-refractivity contribution < 1.29 is 24.4 Å². The lowest BCUT2D eigenvalue weighted by molar-refractivity contribution is -0.274. The summed E-state index contributed by atoms with van der Waals surface area (Å²) < 4.78 is 15.3. The Hall–Kier alpha value is -0.200. The van der Waals surface area contributed by atoms with Gasteiger partial charge in [-0.25, -0.2) is 0 Å². The van der Waals surface area contributed by atoms with Crippen molar-refractivity contribution in [3.8, 4) is 0 Å². The van der Waals surface area contributed by atoms with E-state index in [1.165, 1.54) is 0 Å². The Balaban J connectivity index is 2.03. The number of hydrogen-bond donors (Lipinski definition) is 2. The van der Waals surface area contributed by atoms with Gasteiger partial charge in [0.15, 0.2) is 0 Å². The van der Waals surface area contributed by atoms with Gasteiger partial charge in [0.05, 0.1) is 13.2 Å². The van der Waals surface area contributed by atoms with Crippen molar-refractivity contribution in [3.05, 3.63) is 0 Å². The monoisotopic (exact) mass is 176 g/mol. The minimum Gasteiger partial charge on any atom is -0.388 e. The van der Waals surface area contributed by atoms with Crippen molar-refractivity contribution in [3.63, 3.8) is 0 Å². The van der Waals surface area contributed by atoms with Gasteiger partial charge in [-0.3, -0.25) is 0 Å². The van der Waals surface area contributed by atoms with E-state index in [2.05, 4.69) is 0 Å². The first kappa shape index (κ1) is 8.40. The van der Waals surface area contributed by atoms with Gasteiger partial charge >= 0.3 is 0 Å². The molecule has 2 rings (SSSR count). The molecule has 4 atom stereocenters. The van der Waals surface area contributed by atoms with Crippen molar-refractivity contribution in [2.24, 2.45) is 0 Å². The molecule has 2 N–H and O–H groups in total. The maximum Gasteiger partial charge on any atom is 0.147 e. The van der Waals surface area contributed by atoms with Gasteiger partial charge in [-0.15, -0.1) is 0 Å². The number of ether oxygens (including phenoxy) is 3. The molecule has 0 aromatic carbocycles. The van der Waals surface area contributed by atoms with E-state index >= 15 is 0 Å². The third-order valence-electron chi connectivity index (χ3n) is 2.20. The van der Waals surface area contributed by atoms with Crippen LogP contribution in [0.3, 0.4) is 0 Å². The quantitative estimate of drug-likeness (QED) is 0.469. The Labute approximate surface area is 69.8 Å². The van der Waals surface area contributed by atoms with Gasteiger partial charge in [0, 0.05) is 0 Å². The standard InChI is InChI=1S/C7H12O5/c8-4-1-11-5-2-10-3-12-7(5)6(4)9/h4-9H,1-3H2/t4-,5+,6?,7?/m0/s1. The molecule has 0 aliphatic carbocycles. The molecule has 0 spiro atoms. The van der Waals surface area contributed by atoms with Crippen molar-refractivity contribution in [2.45, 2.75) is 24.4 Å². The SMILES string of the molecule is OC1C2OCOC[C@H]2OC[C@@H]1O. The highest BCUT2D eigenvalue weighted by Gasteiger charge is 2.41. The van der Waals surface area contributed by atoms with Gasteiger partial charge in [0.2, 0.25) is 0 Å². The number of aliphatic hydroxyl groups is 2. The highest BCUT2D eigenvalue weighted by Crippen LogP contribution is 2.21. The van der Waals surface area contributed by atoms with Crippen LogP contribution in [0.4, 0.5) is 0 Å². The molecule has 0 saturated carbocycles. The molecule has 5 heteroatoms. The van der Waals surface area contributed by atoms with E-state index in [1.54, 1.807) is 0 Å². The third kappa shape index (κ3) is 1.34. The first-order valence-corrected chi connectivity index (χ1v) is 3.96. The van der Waals surface area contributed by atoms with Gasteiger partial charge in [-0.1, -0.05) is 0 Å². The Bertz CT molecular complexity index is 160. The van der Waals surface area contributed by atoms with E-state index in [1.807, 2.05) is 0 Å². The lowest BCUT2D eigenvalue weighted by Gasteiger charge is -2.40. The van der Waals surface area contributed by atoms with Crippen molar-refractivity contribution in [2.75, 3.05) is 20.0 Å². The highest BCUT2D eigenvalue weighted by atomic mass is 16.7. The van der Waals surface area contributed by atoms with Crippen LogP contribution < -0.4 is 0 Å². The van der Waals surface area contributed by atoms with Crippen LogP contribution in [0.15, 0.2) is 0 Å². The van der Waals surface area contributed by atoms with E-state index in [-0.39, 0.29) is 19.5 Å². The Kier molecular flexibility index (Phi) is 2.29. The molecule has 0 radical (unpaired) electrons. The van der Waals surface area contributed by atoms with Crippen molar-refractivity contribution in [1.82, 2.24) is 0 Å². The zero-order chi connectivity index (χ0) is 8.55. The summed E-state index contributed by atoms with van der Waals surface area (Å²) in [6, 6.07) is 0. The van der Waals surface area contributed by atoms with Gasteiger partial charge < -0.3 is 24.4 Å². The Morgan fingerprint density at radius 3 is 2.75 bits per heavy atom. The Morgan fingerprint density at radius 2 is 1.92 bits per heavy atom. The highest BCUT2D eigenvalue weighted by molar-refractivity contribution is 4.88. The molecule has 2 saturated heterocycles. The van der Waals surface area contributed by atoms with E-state index in [9.17, 15) is 10.2 Å². The van der Waals surface area contributed by atoms with Crippen LogP contribution in [-0.2, 0) is 14.2 Å². The minimum atomic E-state index is -0.854. The summed E-state index contributed by atoms with van der Waals surface area (Å²) in [5, 5.41) is 18.7. The fourth-order valence-corrected chi connectivity index (χ4v) is 1.49. The van der Waals surface area contributed by atoms with E-state index in [0.717, 1.165) is 0 Å².